The van der Waals surface area contributed by atoms with Gasteiger partial charge in [-0.25, -0.2) is 9.97 Å². The predicted octanol–water partition coefficient (Wildman–Crippen LogP) is 7.39. The van der Waals surface area contributed by atoms with Gasteiger partial charge in [-0.05, 0) is 42.0 Å². The van der Waals surface area contributed by atoms with Crippen molar-refractivity contribution < 1.29 is 0 Å². The maximum absolute atomic E-state index is 4.99. The Hall–Kier alpha value is -4.70. The molecular formula is C30H20N4. The normalized spacial score (nSPS) is 11.5. The van der Waals surface area contributed by atoms with Crippen LogP contribution in [0.15, 0.2) is 115 Å². The SMILES string of the molecule is c1ccc(-n2c(-c3ccc(-c4cccc5c4[nH]c4ncccc45)cc3)nc3ccccc32)cc1. The lowest BCUT2D eigenvalue weighted by Gasteiger charge is -2.10. The summed E-state index contributed by atoms with van der Waals surface area (Å²) in [5.74, 6) is 0.937. The molecule has 0 saturated carbocycles. The molecule has 0 radical (unpaired) electrons. The molecule has 0 fully saturated rings. The Labute approximate surface area is 196 Å². The number of rotatable bonds is 3. The number of H-pyrrole nitrogens is 1. The molecule has 0 bridgehead atoms. The number of hydrogen-bond acceptors (Lipinski definition) is 2. The van der Waals surface area contributed by atoms with Gasteiger partial charge in [0.1, 0.15) is 11.5 Å². The summed E-state index contributed by atoms with van der Waals surface area (Å²) in [6.45, 7) is 0. The number of hydrogen-bond donors (Lipinski definition) is 1. The van der Waals surface area contributed by atoms with Gasteiger partial charge in [-0.3, -0.25) is 4.57 Å². The summed E-state index contributed by atoms with van der Waals surface area (Å²) in [6, 6.07) is 37.9. The Balaban J connectivity index is 1.38. The Morgan fingerprint density at radius 1 is 0.618 bits per heavy atom. The highest BCUT2D eigenvalue weighted by Gasteiger charge is 2.15. The summed E-state index contributed by atoms with van der Waals surface area (Å²) in [6.07, 6.45) is 1.82. The van der Waals surface area contributed by atoms with Crippen LogP contribution in [0, 0.1) is 0 Å². The first-order chi connectivity index (χ1) is 16.9. The number of benzene rings is 4. The van der Waals surface area contributed by atoms with Crippen LogP contribution in [-0.2, 0) is 0 Å². The molecule has 4 aromatic carbocycles. The van der Waals surface area contributed by atoms with Gasteiger partial charge < -0.3 is 4.98 Å². The van der Waals surface area contributed by atoms with Crippen molar-refractivity contribution in [3.05, 3.63) is 115 Å². The van der Waals surface area contributed by atoms with Crippen molar-refractivity contribution in [1.29, 1.82) is 0 Å². The number of para-hydroxylation sites is 4. The minimum atomic E-state index is 0.915. The van der Waals surface area contributed by atoms with Crippen LogP contribution >= 0.6 is 0 Å². The number of aromatic amines is 1. The van der Waals surface area contributed by atoms with E-state index in [0.29, 0.717) is 0 Å². The Morgan fingerprint density at radius 2 is 1.38 bits per heavy atom. The third-order valence-electron chi connectivity index (χ3n) is 6.44. The van der Waals surface area contributed by atoms with Gasteiger partial charge in [0.15, 0.2) is 0 Å². The Kier molecular flexibility index (Phi) is 4.11. The van der Waals surface area contributed by atoms with Crippen LogP contribution in [0.5, 0.6) is 0 Å². The third kappa shape index (κ3) is 2.86. The number of fused-ring (bicyclic) bond motifs is 4. The van der Waals surface area contributed by atoms with Gasteiger partial charge >= 0.3 is 0 Å². The highest BCUT2D eigenvalue weighted by atomic mass is 15.1. The summed E-state index contributed by atoms with van der Waals surface area (Å²) >= 11 is 0. The van der Waals surface area contributed by atoms with Gasteiger partial charge in [0.05, 0.1) is 16.6 Å². The first-order valence-electron chi connectivity index (χ1n) is 11.4. The molecule has 0 aliphatic rings. The molecule has 0 amide bonds. The second kappa shape index (κ2) is 7.42. The molecule has 0 atom stereocenters. The molecule has 7 aromatic rings. The van der Waals surface area contributed by atoms with Crippen molar-refractivity contribution in [2.24, 2.45) is 0 Å². The van der Waals surface area contributed by atoms with Crippen LogP contribution in [0.4, 0.5) is 0 Å². The van der Waals surface area contributed by atoms with Gasteiger partial charge in [0.25, 0.3) is 0 Å². The highest BCUT2D eigenvalue weighted by molar-refractivity contribution is 6.10. The van der Waals surface area contributed by atoms with E-state index in [1.165, 1.54) is 10.9 Å². The summed E-state index contributed by atoms with van der Waals surface area (Å²) in [5.41, 5.74) is 8.62. The van der Waals surface area contributed by atoms with E-state index < -0.39 is 0 Å². The molecule has 1 N–H and O–H groups in total. The smallest absolute Gasteiger partial charge is 0.145 e. The summed E-state index contributed by atoms with van der Waals surface area (Å²) < 4.78 is 2.23. The molecular weight excluding hydrogens is 416 g/mol. The minimum absolute atomic E-state index is 0.915. The summed E-state index contributed by atoms with van der Waals surface area (Å²) in [7, 11) is 0. The summed E-state index contributed by atoms with van der Waals surface area (Å²) in [4.78, 5) is 13.0. The topological polar surface area (TPSA) is 46.5 Å². The lowest BCUT2D eigenvalue weighted by Crippen LogP contribution is -1.97. The zero-order valence-corrected chi connectivity index (χ0v) is 18.3. The largest absolute Gasteiger partial charge is 0.339 e. The summed E-state index contributed by atoms with van der Waals surface area (Å²) in [5, 5.41) is 2.34. The van der Waals surface area contributed by atoms with Crippen molar-refractivity contribution in [2.45, 2.75) is 0 Å². The molecule has 4 heteroatoms. The van der Waals surface area contributed by atoms with E-state index in [1.54, 1.807) is 0 Å². The van der Waals surface area contributed by atoms with Crippen LogP contribution in [0.3, 0.4) is 0 Å². The maximum Gasteiger partial charge on any atom is 0.145 e. The molecule has 34 heavy (non-hydrogen) atoms. The second-order valence-corrected chi connectivity index (χ2v) is 8.43. The zero-order chi connectivity index (χ0) is 22.5. The molecule has 160 valence electrons. The molecule has 0 saturated heterocycles. The monoisotopic (exact) mass is 436 g/mol. The van der Waals surface area contributed by atoms with E-state index >= 15 is 0 Å². The van der Waals surface area contributed by atoms with Crippen LogP contribution in [-0.4, -0.2) is 19.5 Å². The van der Waals surface area contributed by atoms with Gasteiger partial charge in [0.2, 0.25) is 0 Å². The molecule has 7 rings (SSSR count). The quantitative estimate of drug-likeness (QED) is 0.314. The van der Waals surface area contributed by atoms with Gasteiger partial charge in [0, 0.05) is 33.8 Å². The van der Waals surface area contributed by atoms with Gasteiger partial charge in [-0.1, -0.05) is 72.8 Å². The fraction of sp³-hybridized carbons (Fsp3) is 0. The maximum atomic E-state index is 4.99. The van der Waals surface area contributed by atoms with Crippen molar-refractivity contribution in [1.82, 2.24) is 19.5 Å². The van der Waals surface area contributed by atoms with E-state index in [-0.39, 0.29) is 0 Å². The van der Waals surface area contributed by atoms with Gasteiger partial charge in [-0.2, -0.15) is 0 Å². The zero-order valence-electron chi connectivity index (χ0n) is 18.3. The fourth-order valence-corrected chi connectivity index (χ4v) is 4.85. The first-order valence-corrected chi connectivity index (χ1v) is 11.4. The molecule has 0 unspecified atom stereocenters. The van der Waals surface area contributed by atoms with Crippen LogP contribution in [0.2, 0.25) is 0 Å². The van der Waals surface area contributed by atoms with E-state index in [4.69, 9.17) is 4.98 Å². The van der Waals surface area contributed by atoms with E-state index in [2.05, 4.69) is 106 Å². The number of nitrogens with one attached hydrogen (secondary N) is 1. The number of nitrogens with zero attached hydrogens (tertiary/aromatic N) is 3. The molecule has 0 aliphatic carbocycles. The van der Waals surface area contributed by atoms with Crippen molar-refractivity contribution >= 4 is 33.0 Å². The van der Waals surface area contributed by atoms with E-state index in [1.807, 2.05) is 24.4 Å². The van der Waals surface area contributed by atoms with Crippen molar-refractivity contribution in [3.8, 4) is 28.2 Å². The lowest BCUT2D eigenvalue weighted by molar-refractivity contribution is 1.10. The predicted molar refractivity (Wildman–Crippen MR) is 139 cm³/mol. The average Bonchev–Trinajstić information content (AvgIpc) is 3.48. The Bertz CT molecular complexity index is 1790. The Morgan fingerprint density at radius 3 is 2.26 bits per heavy atom. The van der Waals surface area contributed by atoms with Crippen LogP contribution in [0.1, 0.15) is 0 Å². The molecule has 3 heterocycles. The number of pyridine rings is 1. The molecule has 0 spiro atoms. The number of aromatic nitrogens is 4. The minimum Gasteiger partial charge on any atom is -0.339 e. The molecule has 0 aliphatic heterocycles. The average molecular weight is 437 g/mol. The lowest BCUT2D eigenvalue weighted by atomic mass is 10.0. The van der Waals surface area contributed by atoms with Crippen LogP contribution in [0.25, 0.3) is 61.2 Å². The van der Waals surface area contributed by atoms with Crippen molar-refractivity contribution in [2.75, 3.05) is 0 Å². The van der Waals surface area contributed by atoms with E-state index in [0.717, 1.165) is 50.2 Å². The first kappa shape index (κ1) is 18.8. The fourth-order valence-electron chi connectivity index (χ4n) is 4.85. The third-order valence-corrected chi connectivity index (χ3v) is 6.44. The van der Waals surface area contributed by atoms with Gasteiger partial charge in [-0.15, -0.1) is 0 Å². The standard InChI is InChI=1S/C30H20N4/c1-2-8-22(9-3-1)34-27-14-5-4-13-26(27)32-30(34)21-17-15-20(16-18-21)23-10-6-11-24-25-12-7-19-31-29(25)33-28(23)24/h1-19H,(H,31,33). The van der Waals surface area contributed by atoms with Crippen molar-refractivity contribution in [3.63, 3.8) is 0 Å². The molecule has 4 nitrogen and oxygen atoms in total. The molecule has 3 aromatic heterocycles. The van der Waals surface area contributed by atoms with E-state index in [9.17, 15) is 0 Å². The number of imidazole rings is 1. The second-order valence-electron chi connectivity index (χ2n) is 8.43. The van der Waals surface area contributed by atoms with Crippen LogP contribution < -0.4 is 0 Å². The highest BCUT2D eigenvalue weighted by Crippen LogP contribution is 2.34.